The first kappa shape index (κ1) is 18.8. The number of thiophene rings is 2. The highest BCUT2D eigenvalue weighted by molar-refractivity contribution is 7.08. The molecule has 0 radical (unpaired) electrons. The molecule has 2 aromatic heterocycles. The Hall–Kier alpha value is -1.26. The van der Waals surface area contributed by atoms with Crippen LogP contribution in [0.3, 0.4) is 0 Å². The summed E-state index contributed by atoms with van der Waals surface area (Å²) in [4.78, 5) is 13.7. The van der Waals surface area contributed by atoms with Crippen LogP contribution < -0.4 is 5.73 Å². The average molecular weight is 337 g/mol. The van der Waals surface area contributed by atoms with Crippen molar-refractivity contribution in [3.8, 4) is 0 Å². The van der Waals surface area contributed by atoms with Crippen LogP contribution in [-0.2, 0) is 17.6 Å². The number of aliphatic imine (C=N–C) groups is 1. The van der Waals surface area contributed by atoms with Gasteiger partial charge in [0.05, 0.1) is 6.04 Å². The van der Waals surface area contributed by atoms with Gasteiger partial charge in [0.1, 0.15) is 0 Å². The largest absolute Gasteiger partial charge is 0.327 e. The van der Waals surface area contributed by atoms with Gasteiger partial charge in [-0.15, -0.1) is 0 Å². The second kappa shape index (κ2) is 11.3. The predicted octanol–water partition coefficient (Wildman–Crippen LogP) is 4.43. The van der Waals surface area contributed by atoms with Crippen molar-refractivity contribution >= 4 is 28.8 Å². The van der Waals surface area contributed by atoms with Crippen LogP contribution in [0.2, 0.25) is 0 Å². The minimum absolute atomic E-state index is 0.108. The van der Waals surface area contributed by atoms with Crippen LogP contribution in [0.4, 0.5) is 0 Å². The van der Waals surface area contributed by atoms with Crippen LogP contribution in [0.25, 0.3) is 0 Å². The maximum Gasteiger partial charge on any atom is 0.235 e. The van der Waals surface area contributed by atoms with E-state index < -0.39 is 0 Å². The van der Waals surface area contributed by atoms with E-state index in [1.807, 2.05) is 12.3 Å². The van der Waals surface area contributed by atoms with Gasteiger partial charge in [-0.05, 0) is 70.5 Å². The lowest BCUT2D eigenvalue weighted by Crippen LogP contribution is -2.20. The second-order valence-corrected chi connectivity index (χ2v) is 6.68. The molecule has 0 fully saturated rings. The van der Waals surface area contributed by atoms with Gasteiger partial charge in [0.25, 0.3) is 0 Å². The molecule has 0 aromatic carbocycles. The van der Waals surface area contributed by atoms with Gasteiger partial charge in [-0.25, -0.2) is 9.79 Å². The third kappa shape index (κ3) is 7.66. The summed E-state index contributed by atoms with van der Waals surface area (Å²) in [6, 6.07) is 4.65. The Morgan fingerprint density at radius 1 is 1.09 bits per heavy atom. The summed E-state index contributed by atoms with van der Waals surface area (Å²) in [6.45, 7) is 4.15. The molecule has 5 heteroatoms. The summed E-state index contributed by atoms with van der Waals surface area (Å²) < 4.78 is 0. The number of nitrogens with zero attached hydrogens (tertiary/aromatic N) is 1. The first-order valence-electron chi connectivity index (χ1n) is 7.54. The maximum atomic E-state index is 10.0. The zero-order valence-electron chi connectivity index (χ0n) is 13.2. The first-order chi connectivity index (χ1) is 10.7. The molecule has 2 heterocycles. The van der Waals surface area contributed by atoms with Crippen LogP contribution in [0.5, 0.6) is 0 Å². The number of carbonyl (C=O) groups excluding carboxylic acids is 1. The number of isocyanates is 1. The van der Waals surface area contributed by atoms with E-state index in [9.17, 15) is 4.79 Å². The Morgan fingerprint density at radius 2 is 1.68 bits per heavy atom. The molecule has 2 aromatic rings. The summed E-state index contributed by atoms with van der Waals surface area (Å²) in [6.07, 6.45) is 5.45. The summed E-state index contributed by atoms with van der Waals surface area (Å²) >= 11 is 3.41. The van der Waals surface area contributed by atoms with Gasteiger partial charge in [-0.3, -0.25) is 0 Å². The van der Waals surface area contributed by atoms with Gasteiger partial charge in [0.2, 0.25) is 6.08 Å². The number of hydrogen-bond donors (Lipinski definition) is 1. The molecule has 0 saturated carbocycles. The van der Waals surface area contributed by atoms with Crippen LogP contribution >= 0.6 is 22.7 Å². The Morgan fingerprint density at radius 3 is 2.09 bits per heavy atom. The summed E-state index contributed by atoms with van der Waals surface area (Å²) in [5.41, 5.74) is 8.40. The standard InChI is InChI=1S/C9H11NOS.C8H13NS/c1-2-9(10-7-11)5-8-3-4-12-6-8;1-2-8(9)5-7-3-4-10-6-7/h3-4,6,9H,2,5H2,1H3;3-4,6,8H,2,5,9H2,1H3. The molecule has 0 saturated heterocycles. The zero-order valence-corrected chi connectivity index (χ0v) is 14.8. The van der Waals surface area contributed by atoms with E-state index >= 15 is 0 Å². The fraction of sp³-hybridized carbons (Fsp3) is 0.471. The van der Waals surface area contributed by atoms with E-state index in [0.717, 1.165) is 25.7 Å². The Bertz CT molecular complexity index is 531. The lowest BCUT2D eigenvalue weighted by molar-refractivity contribution is 0.552. The van der Waals surface area contributed by atoms with Crippen LogP contribution in [0.1, 0.15) is 37.8 Å². The molecule has 0 aliphatic rings. The van der Waals surface area contributed by atoms with Crippen molar-refractivity contribution in [3.05, 3.63) is 44.8 Å². The summed E-state index contributed by atoms with van der Waals surface area (Å²) in [5, 5.41) is 8.38. The molecule has 2 N–H and O–H groups in total. The van der Waals surface area contributed by atoms with Gasteiger partial charge in [0, 0.05) is 6.04 Å². The van der Waals surface area contributed by atoms with E-state index in [1.165, 1.54) is 11.1 Å². The van der Waals surface area contributed by atoms with Crippen LogP contribution in [0.15, 0.2) is 38.6 Å². The van der Waals surface area contributed by atoms with Gasteiger partial charge in [0.15, 0.2) is 0 Å². The lowest BCUT2D eigenvalue weighted by atomic mass is 10.1. The Labute approximate surface area is 140 Å². The van der Waals surface area contributed by atoms with Gasteiger partial charge in [-0.2, -0.15) is 22.7 Å². The number of nitrogens with two attached hydrogens (primary N) is 1. The van der Waals surface area contributed by atoms with Crippen molar-refractivity contribution in [1.82, 2.24) is 0 Å². The quantitative estimate of drug-likeness (QED) is 0.600. The summed E-state index contributed by atoms with van der Waals surface area (Å²) in [5.74, 6) is 0. The molecule has 2 atom stereocenters. The van der Waals surface area contributed by atoms with Crippen molar-refractivity contribution < 1.29 is 4.79 Å². The van der Waals surface area contributed by atoms with Gasteiger partial charge >= 0.3 is 0 Å². The fourth-order valence-corrected chi connectivity index (χ4v) is 3.26. The number of hydrogen-bond acceptors (Lipinski definition) is 5. The molecule has 0 aliphatic heterocycles. The molecule has 0 bridgehead atoms. The van der Waals surface area contributed by atoms with Gasteiger partial charge in [-0.1, -0.05) is 13.8 Å². The topological polar surface area (TPSA) is 55.5 Å². The third-order valence-corrected chi connectivity index (χ3v) is 4.82. The number of rotatable bonds is 7. The molecule has 22 heavy (non-hydrogen) atoms. The summed E-state index contributed by atoms with van der Waals surface area (Å²) in [7, 11) is 0. The highest BCUT2D eigenvalue weighted by Gasteiger charge is 2.04. The molecule has 3 nitrogen and oxygen atoms in total. The Kier molecular flexibility index (Phi) is 9.67. The van der Waals surface area contributed by atoms with Crippen molar-refractivity contribution in [2.75, 3.05) is 0 Å². The molecule has 120 valence electrons. The smallest absolute Gasteiger partial charge is 0.235 e. The van der Waals surface area contributed by atoms with Crippen molar-refractivity contribution in [3.63, 3.8) is 0 Å². The highest BCUT2D eigenvalue weighted by Crippen LogP contribution is 2.11. The van der Waals surface area contributed by atoms with Crippen LogP contribution in [-0.4, -0.2) is 18.2 Å². The van der Waals surface area contributed by atoms with Crippen molar-refractivity contribution in [2.24, 2.45) is 10.7 Å². The minimum atomic E-state index is 0.108. The minimum Gasteiger partial charge on any atom is -0.327 e. The van der Waals surface area contributed by atoms with E-state index in [0.29, 0.717) is 6.04 Å². The molecular weight excluding hydrogens is 312 g/mol. The second-order valence-electron chi connectivity index (χ2n) is 5.12. The monoisotopic (exact) mass is 336 g/mol. The normalized spacial score (nSPS) is 12.7. The lowest BCUT2D eigenvalue weighted by Gasteiger charge is -2.04. The molecule has 0 amide bonds. The Balaban J connectivity index is 0.000000224. The van der Waals surface area contributed by atoms with E-state index in [-0.39, 0.29) is 6.04 Å². The molecular formula is C17H24N2OS2. The predicted molar refractivity (Wildman–Crippen MR) is 96.5 cm³/mol. The molecule has 0 aliphatic carbocycles. The highest BCUT2D eigenvalue weighted by atomic mass is 32.1. The maximum absolute atomic E-state index is 10.0. The van der Waals surface area contributed by atoms with E-state index in [4.69, 9.17) is 5.73 Å². The SMILES string of the molecule is CCC(Cc1ccsc1)N=C=O.CCC(N)Cc1ccsc1. The van der Waals surface area contributed by atoms with E-state index in [1.54, 1.807) is 28.8 Å². The van der Waals surface area contributed by atoms with E-state index in [2.05, 4.69) is 40.2 Å². The average Bonchev–Trinajstić information content (AvgIpc) is 3.21. The van der Waals surface area contributed by atoms with Crippen molar-refractivity contribution in [2.45, 2.75) is 51.6 Å². The van der Waals surface area contributed by atoms with Crippen molar-refractivity contribution in [1.29, 1.82) is 0 Å². The van der Waals surface area contributed by atoms with Gasteiger partial charge < -0.3 is 5.73 Å². The third-order valence-electron chi connectivity index (χ3n) is 3.36. The van der Waals surface area contributed by atoms with Crippen LogP contribution in [0, 0.1) is 0 Å². The first-order valence-corrected chi connectivity index (χ1v) is 9.42. The zero-order chi connectivity index (χ0) is 16.2. The molecule has 2 unspecified atom stereocenters. The molecule has 0 spiro atoms. The molecule has 2 rings (SSSR count). The fourth-order valence-electron chi connectivity index (χ4n) is 1.89.